The van der Waals surface area contributed by atoms with E-state index in [1.165, 1.54) is 0 Å². The molecule has 140 valence electrons. The fourth-order valence-electron chi connectivity index (χ4n) is 2.48. The molecule has 1 amide bonds. The normalized spacial score (nSPS) is 11.7. The third-order valence-electron chi connectivity index (χ3n) is 3.94. The van der Waals surface area contributed by atoms with E-state index in [1.54, 1.807) is 38.3 Å². The summed E-state index contributed by atoms with van der Waals surface area (Å²) >= 11 is 0. The minimum absolute atomic E-state index is 0.179. The fourth-order valence-corrected chi connectivity index (χ4v) is 2.48. The Labute approximate surface area is 155 Å². The Morgan fingerprint density at radius 2 is 1.65 bits per heavy atom. The quantitative estimate of drug-likeness (QED) is 0.694. The number of ether oxygens (including phenoxy) is 3. The molecule has 0 heterocycles. The van der Waals surface area contributed by atoms with Crippen LogP contribution < -0.4 is 19.5 Å². The molecule has 26 heavy (non-hydrogen) atoms. The van der Waals surface area contributed by atoms with Gasteiger partial charge < -0.3 is 19.5 Å². The maximum absolute atomic E-state index is 12.1. The van der Waals surface area contributed by atoms with Gasteiger partial charge in [0.1, 0.15) is 23.9 Å². The number of carbonyl (C=O) groups is 1. The second kappa shape index (κ2) is 9.70. The van der Waals surface area contributed by atoms with Gasteiger partial charge in [0.25, 0.3) is 5.91 Å². The first-order chi connectivity index (χ1) is 12.5. The van der Waals surface area contributed by atoms with Crippen LogP contribution in [0.3, 0.4) is 0 Å². The van der Waals surface area contributed by atoms with Crippen LogP contribution in [0, 0.1) is 0 Å². The van der Waals surface area contributed by atoms with Crippen molar-refractivity contribution in [2.45, 2.75) is 32.8 Å². The van der Waals surface area contributed by atoms with Gasteiger partial charge in [0, 0.05) is 0 Å². The van der Waals surface area contributed by atoms with Crippen molar-refractivity contribution in [1.29, 1.82) is 0 Å². The van der Waals surface area contributed by atoms with E-state index in [2.05, 4.69) is 25.2 Å². The highest BCUT2D eigenvalue weighted by molar-refractivity contribution is 5.80. The summed E-state index contributed by atoms with van der Waals surface area (Å²) < 4.78 is 16.5. The maximum atomic E-state index is 12.1. The van der Waals surface area contributed by atoms with E-state index < -0.39 is 6.10 Å². The Hall–Kier alpha value is -2.69. The molecule has 0 saturated heterocycles. The highest BCUT2D eigenvalue weighted by Crippen LogP contribution is 2.25. The molecular formula is C21H27NO4. The van der Waals surface area contributed by atoms with Crippen LogP contribution in [0.1, 0.15) is 32.3 Å². The zero-order valence-electron chi connectivity index (χ0n) is 15.8. The number of hydrogen-bond acceptors (Lipinski definition) is 4. The van der Waals surface area contributed by atoms with Gasteiger partial charge in [0.05, 0.1) is 13.7 Å². The van der Waals surface area contributed by atoms with Crippen LogP contribution in [-0.4, -0.2) is 32.3 Å². The van der Waals surface area contributed by atoms with Gasteiger partial charge >= 0.3 is 0 Å². The van der Waals surface area contributed by atoms with Crippen LogP contribution in [0.5, 0.6) is 17.2 Å². The van der Waals surface area contributed by atoms with Crippen molar-refractivity contribution in [1.82, 2.24) is 5.32 Å². The number of amides is 1. The molecule has 0 bridgehead atoms. The summed E-state index contributed by atoms with van der Waals surface area (Å²) in [6, 6.07) is 15.1. The van der Waals surface area contributed by atoms with E-state index >= 15 is 0 Å². The fraction of sp³-hybridized carbons (Fsp3) is 0.381. The molecule has 0 aliphatic heterocycles. The SMILES string of the molecule is COc1ccc(O[C@H](C)C(=O)NCCOc2ccccc2C(C)C)cc1. The van der Waals surface area contributed by atoms with Gasteiger partial charge in [-0.15, -0.1) is 0 Å². The van der Waals surface area contributed by atoms with Crippen molar-refractivity contribution < 1.29 is 19.0 Å². The zero-order chi connectivity index (χ0) is 18.9. The number of rotatable bonds is 9. The number of methoxy groups -OCH3 is 1. The van der Waals surface area contributed by atoms with Crippen LogP contribution in [0.2, 0.25) is 0 Å². The van der Waals surface area contributed by atoms with Crippen LogP contribution in [0.25, 0.3) is 0 Å². The first-order valence-electron chi connectivity index (χ1n) is 8.81. The summed E-state index contributed by atoms with van der Waals surface area (Å²) in [6.07, 6.45) is -0.591. The number of para-hydroxylation sites is 1. The van der Waals surface area contributed by atoms with Gasteiger partial charge in [-0.1, -0.05) is 32.0 Å². The first-order valence-corrected chi connectivity index (χ1v) is 8.81. The highest BCUT2D eigenvalue weighted by atomic mass is 16.5. The monoisotopic (exact) mass is 357 g/mol. The van der Waals surface area contributed by atoms with E-state index in [0.717, 1.165) is 17.1 Å². The van der Waals surface area contributed by atoms with Gasteiger partial charge in [-0.25, -0.2) is 0 Å². The molecule has 1 atom stereocenters. The molecule has 1 N–H and O–H groups in total. The lowest BCUT2D eigenvalue weighted by Crippen LogP contribution is -2.38. The molecule has 2 rings (SSSR count). The summed E-state index contributed by atoms with van der Waals surface area (Å²) in [4.78, 5) is 12.1. The van der Waals surface area contributed by atoms with Crippen molar-refractivity contribution in [3.63, 3.8) is 0 Å². The van der Waals surface area contributed by atoms with Gasteiger partial charge in [-0.05, 0) is 48.7 Å². The number of nitrogens with one attached hydrogen (secondary N) is 1. The Balaban J connectivity index is 1.76. The molecule has 5 heteroatoms. The predicted octanol–water partition coefficient (Wildman–Crippen LogP) is 3.78. The molecule has 0 radical (unpaired) electrons. The second-order valence-corrected chi connectivity index (χ2v) is 6.27. The largest absolute Gasteiger partial charge is 0.497 e. The molecule has 0 unspecified atom stereocenters. The first kappa shape index (κ1) is 19.6. The van der Waals surface area contributed by atoms with Gasteiger partial charge in [0.15, 0.2) is 6.10 Å². The third-order valence-corrected chi connectivity index (χ3v) is 3.94. The smallest absolute Gasteiger partial charge is 0.260 e. The molecular weight excluding hydrogens is 330 g/mol. The van der Waals surface area contributed by atoms with Crippen molar-refractivity contribution >= 4 is 5.91 Å². The highest BCUT2D eigenvalue weighted by Gasteiger charge is 2.14. The molecule has 0 saturated carbocycles. The van der Waals surface area contributed by atoms with E-state index in [-0.39, 0.29) is 5.91 Å². The molecule has 0 aliphatic carbocycles. The molecule has 0 fully saturated rings. The number of benzene rings is 2. The van der Waals surface area contributed by atoms with Gasteiger partial charge in [-0.3, -0.25) is 4.79 Å². The lowest BCUT2D eigenvalue weighted by Gasteiger charge is -2.16. The predicted molar refractivity (Wildman–Crippen MR) is 102 cm³/mol. The van der Waals surface area contributed by atoms with Gasteiger partial charge in [0.2, 0.25) is 0 Å². The van der Waals surface area contributed by atoms with E-state index in [9.17, 15) is 4.79 Å². The molecule has 0 aromatic heterocycles. The van der Waals surface area contributed by atoms with Crippen LogP contribution in [-0.2, 0) is 4.79 Å². The molecule has 0 aliphatic rings. The summed E-state index contributed by atoms with van der Waals surface area (Å²) in [7, 11) is 1.60. The molecule has 0 spiro atoms. The van der Waals surface area contributed by atoms with Crippen molar-refractivity contribution in [3.05, 3.63) is 54.1 Å². The van der Waals surface area contributed by atoms with Crippen LogP contribution >= 0.6 is 0 Å². The third kappa shape index (κ3) is 5.69. The molecule has 5 nitrogen and oxygen atoms in total. The maximum Gasteiger partial charge on any atom is 0.260 e. The number of hydrogen-bond donors (Lipinski definition) is 1. The van der Waals surface area contributed by atoms with Crippen LogP contribution in [0.4, 0.5) is 0 Å². The van der Waals surface area contributed by atoms with Gasteiger partial charge in [-0.2, -0.15) is 0 Å². The molecule has 2 aromatic rings. The summed E-state index contributed by atoms with van der Waals surface area (Å²) in [5, 5.41) is 2.83. The van der Waals surface area contributed by atoms with E-state index in [4.69, 9.17) is 14.2 Å². The van der Waals surface area contributed by atoms with Crippen molar-refractivity contribution in [2.75, 3.05) is 20.3 Å². The second-order valence-electron chi connectivity index (χ2n) is 6.27. The Bertz CT molecular complexity index is 697. The minimum Gasteiger partial charge on any atom is -0.497 e. The standard InChI is InChI=1S/C21H27NO4/c1-15(2)19-7-5-6-8-20(19)25-14-13-22-21(23)16(3)26-18-11-9-17(24-4)10-12-18/h5-12,15-16H,13-14H2,1-4H3,(H,22,23)/t16-/m1/s1. The Morgan fingerprint density at radius 1 is 1.00 bits per heavy atom. The Morgan fingerprint density at radius 3 is 2.31 bits per heavy atom. The summed E-state index contributed by atoms with van der Waals surface area (Å²) in [5.41, 5.74) is 1.16. The number of carbonyl (C=O) groups excluding carboxylic acids is 1. The Kier molecular flexibility index (Phi) is 7.33. The summed E-state index contributed by atoms with van der Waals surface area (Å²) in [5.74, 6) is 2.43. The van der Waals surface area contributed by atoms with Crippen molar-refractivity contribution in [3.8, 4) is 17.2 Å². The van der Waals surface area contributed by atoms with Crippen LogP contribution in [0.15, 0.2) is 48.5 Å². The topological polar surface area (TPSA) is 56.8 Å². The zero-order valence-corrected chi connectivity index (χ0v) is 15.8. The average molecular weight is 357 g/mol. The summed E-state index contributed by atoms with van der Waals surface area (Å²) in [6.45, 7) is 6.80. The average Bonchev–Trinajstić information content (AvgIpc) is 2.65. The lowest BCUT2D eigenvalue weighted by molar-refractivity contribution is -0.127. The molecule has 2 aromatic carbocycles. The lowest BCUT2D eigenvalue weighted by atomic mass is 10.0. The van der Waals surface area contributed by atoms with E-state index in [0.29, 0.717) is 24.8 Å². The van der Waals surface area contributed by atoms with E-state index in [1.807, 2.05) is 18.2 Å². The van der Waals surface area contributed by atoms with Crippen molar-refractivity contribution in [2.24, 2.45) is 0 Å². The minimum atomic E-state index is -0.591.